The first-order valence-electron chi connectivity index (χ1n) is 11.6. The first kappa shape index (κ1) is 21.0. The third-order valence-electron chi connectivity index (χ3n) is 7.27. The van der Waals surface area contributed by atoms with Crippen molar-refractivity contribution in [1.29, 1.82) is 5.26 Å². The van der Waals surface area contributed by atoms with Crippen LogP contribution in [-0.2, 0) is 4.74 Å². The molecule has 3 saturated heterocycles. The van der Waals surface area contributed by atoms with Gasteiger partial charge in [0.15, 0.2) is 0 Å². The molecule has 3 fully saturated rings. The zero-order valence-electron chi connectivity index (χ0n) is 18.9. The third kappa shape index (κ3) is 3.57. The van der Waals surface area contributed by atoms with E-state index in [1.807, 2.05) is 0 Å². The molecule has 4 aliphatic heterocycles. The van der Waals surface area contributed by atoms with Gasteiger partial charge in [-0.3, -0.25) is 14.9 Å². The zero-order chi connectivity index (χ0) is 23.2. The smallest absolute Gasteiger partial charge is 0.147 e. The first-order valence-corrected chi connectivity index (χ1v) is 11.6. The highest BCUT2D eigenvalue weighted by molar-refractivity contribution is 5.83. The van der Waals surface area contributed by atoms with Crippen LogP contribution in [0, 0.1) is 17.2 Å². The molecule has 0 amide bonds. The normalized spacial score (nSPS) is 26.4. The Morgan fingerprint density at radius 1 is 1.18 bits per heavy atom. The van der Waals surface area contributed by atoms with Crippen LogP contribution in [0.25, 0.3) is 16.8 Å². The van der Waals surface area contributed by atoms with Crippen molar-refractivity contribution < 1.29 is 9.84 Å². The number of ether oxygens (including phenoxy) is 1. The lowest BCUT2D eigenvalue weighted by molar-refractivity contribution is -0.0104. The number of methoxy groups -OCH3 is 1. The minimum atomic E-state index is 0.0283. The molecule has 0 spiro atoms. The van der Waals surface area contributed by atoms with Crippen molar-refractivity contribution in [3.63, 3.8) is 0 Å². The quantitative estimate of drug-likeness (QED) is 0.618. The van der Waals surface area contributed by atoms with Crippen LogP contribution in [0.15, 0.2) is 35.8 Å². The van der Waals surface area contributed by atoms with Gasteiger partial charge >= 0.3 is 0 Å². The van der Waals surface area contributed by atoms with Crippen molar-refractivity contribution >= 4 is 17.5 Å². The summed E-state index contributed by atoms with van der Waals surface area (Å²) in [6, 6.07) is 4.81. The number of pyridine rings is 1. The Balaban J connectivity index is 1.16. The summed E-state index contributed by atoms with van der Waals surface area (Å²) in [6.45, 7) is 2.94. The maximum Gasteiger partial charge on any atom is 0.147 e. The van der Waals surface area contributed by atoms with Crippen LogP contribution in [0.2, 0.25) is 0 Å². The summed E-state index contributed by atoms with van der Waals surface area (Å²) in [6.07, 6.45) is 11.9. The third-order valence-corrected chi connectivity index (χ3v) is 7.27. The molecule has 0 saturated carbocycles. The van der Waals surface area contributed by atoms with Crippen molar-refractivity contribution in [2.24, 2.45) is 10.9 Å². The Morgan fingerprint density at radius 2 is 2.03 bits per heavy atom. The SMILES string of the molecule is COC1CCC(CN2C3CC2CN(c2cnc(-c4cc(O)cn5ncc(C#N)c45)cn2)C3)C=N1. The van der Waals surface area contributed by atoms with Crippen LogP contribution < -0.4 is 4.90 Å². The van der Waals surface area contributed by atoms with Crippen LogP contribution >= 0.6 is 0 Å². The Morgan fingerprint density at radius 3 is 2.71 bits per heavy atom. The lowest BCUT2D eigenvalue weighted by Gasteiger charge is -2.57. The molecule has 0 aromatic carbocycles. The Hall–Kier alpha value is -3.55. The molecule has 0 aliphatic carbocycles. The van der Waals surface area contributed by atoms with Crippen molar-refractivity contribution in [3.05, 3.63) is 36.4 Å². The molecule has 174 valence electrons. The van der Waals surface area contributed by atoms with E-state index in [1.54, 1.807) is 25.6 Å². The van der Waals surface area contributed by atoms with Gasteiger partial charge in [0.1, 0.15) is 23.9 Å². The number of anilines is 1. The molecule has 2 bridgehead atoms. The monoisotopic (exact) mass is 458 g/mol. The second-order valence-electron chi connectivity index (χ2n) is 9.31. The summed E-state index contributed by atoms with van der Waals surface area (Å²) >= 11 is 0. The van der Waals surface area contributed by atoms with Crippen LogP contribution in [0.5, 0.6) is 5.75 Å². The summed E-state index contributed by atoms with van der Waals surface area (Å²) < 4.78 is 6.83. The molecule has 10 heteroatoms. The number of fused-ring (bicyclic) bond motifs is 3. The van der Waals surface area contributed by atoms with Gasteiger partial charge in [0, 0.05) is 56.5 Å². The highest BCUT2D eigenvalue weighted by Gasteiger charge is 2.45. The van der Waals surface area contributed by atoms with E-state index in [9.17, 15) is 10.4 Å². The zero-order valence-corrected chi connectivity index (χ0v) is 18.9. The molecule has 3 aromatic heterocycles. The number of hydrogen-bond donors (Lipinski definition) is 1. The molecule has 3 aromatic rings. The van der Waals surface area contributed by atoms with Gasteiger partial charge in [-0.1, -0.05) is 0 Å². The number of piperidine rings is 1. The summed E-state index contributed by atoms with van der Waals surface area (Å²) in [7, 11) is 1.72. The molecule has 4 atom stereocenters. The van der Waals surface area contributed by atoms with Gasteiger partial charge in [-0.05, 0) is 25.3 Å². The van der Waals surface area contributed by atoms with Gasteiger partial charge in [-0.25, -0.2) is 9.50 Å². The summed E-state index contributed by atoms with van der Waals surface area (Å²) in [5, 5.41) is 23.7. The van der Waals surface area contributed by atoms with Gasteiger partial charge in [0.05, 0.1) is 41.6 Å². The van der Waals surface area contributed by atoms with Crippen LogP contribution in [0.3, 0.4) is 0 Å². The van der Waals surface area contributed by atoms with Crippen molar-refractivity contribution in [3.8, 4) is 23.1 Å². The minimum Gasteiger partial charge on any atom is -0.506 e. The fourth-order valence-electron chi connectivity index (χ4n) is 5.49. The number of nitrogens with zero attached hydrogens (tertiary/aromatic N) is 8. The van der Waals surface area contributed by atoms with Crippen LogP contribution in [0.4, 0.5) is 5.82 Å². The minimum absolute atomic E-state index is 0.0283. The molecule has 4 aliphatic rings. The van der Waals surface area contributed by atoms with Gasteiger partial charge in [-0.15, -0.1) is 0 Å². The van der Waals surface area contributed by atoms with Gasteiger partial charge in [0.25, 0.3) is 0 Å². The molecule has 34 heavy (non-hydrogen) atoms. The van der Waals surface area contributed by atoms with E-state index in [-0.39, 0.29) is 12.0 Å². The molecule has 1 N–H and O–H groups in total. The molecular formula is C24H26N8O2. The Kier molecular flexibility index (Phi) is 5.16. The number of rotatable bonds is 5. The van der Waals surface area contributed by atoms with E-state index in [2.05, 4.69) is 42.1 Å². The molecule has 0 radical (unpaired) electrons. The molecule has 4 unspecified atom stereocenters. The number of piperazine rings is 1. The summed E-state index contributed by atoms with van der Waals surface area (Å²) in [5.41, 5.74) is 2.26. The second kappa shape index (κ2) is 8.34. The lowest BCUT2D eigenvalue weighted by atomic mass is 9.85. The van der Waals surface area contributed by atoms with Gasteiger partial charge in [-0.2, -0.15) is 10.4 Å². The van der Waals surface area contributed by atoms with E-state index >= 15 is 0 Å². The highest BCUT2D eigenvalue weighted by atomic mass is 16.5. The highest BCUT2D eigenvalue weighted by Crippen LogP contribution is 2.36. The van der Waals surface area contributed by atoms with Crippen LogP contribution in [-0.4, -0.2) is 80.9 Å². The fraction of sp³-hybridized carbons (Fsp3) is 0.458. The predicted molar refractivity (Wildman–Crippen MR) is 126 cm³/mol. The predicted octanol–water partition coefficient (Wildman–Crippen LogP) is 2.08. The van der Waals surface area contributed by atoms with E-state index in [1.165, 1.54) is 23.3 Å². The number of aromatic hydroxyl groups is 1. The summed E-state index contributed by atoms with van der Waals surface area (Å²) in [5.74, 6) is 1.41. The fourth-order valence-corrected chi connectivity index (χ4v) is 5.49. The maximum absolute atomic E-state index is 10.1. The number of hydrogen-bond acceptors (Lipinski definition) is 9. The van der Waals surface area contributed by atoms with E-state index in [0.717, 1.165) is 38.3 Å². The van der Waals surface area contributed by atoms with Crippen molar-refractivity contribution in [2.75, 3.05) is 31.6 Å². The average molecular weight is 459 g/mol. The van der Waals surface area contributed by atoms with Crippen molar-refractivity contribution in [1.82, 2.24) is 24.5 Å². The maximum atomic E-state index is 10.1. The Labute approximate surface area is 197 Å². The standard InChI is InChI=1S/C24H26N8O2/c1-34-23-3-2-15(7-28-23)11-31-17-4-18(31)13-30(12-17)22-10-26-21(9-27-22)20-5-19(33)14-32-24(20)16(6-25)8-29-32/h5,7-10,14-15,17-18,23,33H,2-4,11-13H2,1H3. The average Bonchev–Trinajstić information content (AvgIpc) is 3.30. The van der Waals surface area contributed by atoms with E-state index in [0.29, 0.717) is 40.3 Å². The molecule has 7 heterocycles. The van der Waals surface area contributed by atoms with Crippen molar-refractivity contribution in [2.45, 2.75) is 37.6 Å². The summed E-state index contributed by atoms with van der Waals surface area (Å²) in [4.78, 5) is 18.8. The van der Waals surface area contributed by atoms with Gasteiger partial charge in [0.2, 0.25) is 0 Å². The lowest BCUT2D eigenvalue weighted by Crippen LogP contribution is -2.69. The number of aliphatic imine (C=N–C) groups is 1. The molecule has 7 rings (SSSR count). The number of aromatic nitrogens is 4. The van der Waals surface area contributed by atoms with E-state index < -0.39 is 0 Å². The molecular weight excluding hydrogens is 432 g/mol. The van der Waals surface area contributed by atoms with E-state index in [4.69, 9.17) is 4.74 Å². The Bertz CT molecular complexity index is 1270. The number of nitriles is 1. The van der Waals surface area contributed by atoms with Crippen LogP contribution in [0.1, 0.15) is 24.8 Å². The topological polar surface area (TPSA) is 115 Å². The van der Waals surface area contributed by atoms with Gasteiger partial charge < -0.3 is 14.7 Å². The largest absolute Gasteiger partial charge is 0.506 e. The molecule has 10 nitrogen and oxygen atoms in total. The second-order valence-corrected chi connectivity index (χ2v) is 9.31. The first-order chi connectivity index (χ1) is 16.6.